The molecule has 0 N–H and O–H groups in total. The van der Waals surface area contributed by atoms with Gasteiger partial charge in [0.15, 0.2) is 0 Å². The van der Waals surface area contributed by atoms with Crippen LogP contribution in [0.4, 0.5) is 10.2 Å². The molecule has 1 spiro atoms. The third kappa shape index (κ3) is 4.91. The van der Waals surface area contributed by atoms with Gasteiger partial charge in [-0.3, -0.25) is 0 Å². The fraction of sp³-hybridized carbons (Fsp3) is 0.556. The minimum Gasteiger partial charge on any atom is -0.367 e. The maximum Gasteiger partial charge on any atom is 0.135 e. The molecule has 4 rings (SSSR count). The van der Waals surface area contributed by atoms with Gasteiger partial charge in [0, 0.05) is 60.0 Å². The van der Waals surface area contributed by atoms with E-state index in [9.17, 15) is 4.39 Å². The first-order chi connectivity index (χ1) is 15.7. The monoisotopic (exact) mass is 451 g/mol. The van der Waals surface area contributed by atoms with E-state index in [1.54, 1.807) is 18.5 Å². The third-order valence-electron chi connectivity index (χ3n) is 7.35. The van der Waals surface area contributed by atoms with E-state index < -0.39 is 0 Å². The van der Waals surface area contributed by atoms with Crippen molar-refractivity contribution in [1.29, 1.82) is 0 Å². The number of nitrogens with zero attached hydrogens (tertiary/aromatic N) is 5. The number of aromatic nitrogens is 2. The number of rotatable bonds is 7. The lowest BCUT2D eigenvalue weighted by Crippen LogP contribution is -2.60. The Hall–Kier alpha value is -2.47. The van der Waals surface area contributed by atoms with Crippen molar-refractivity contribution in [2.24, 2.45) is 5.41 Å². The molecule has 0 aliphatic carbocycles. The summed E-state index contributed by atoms with van der Waals surface area (Å²) < 4.78 is 14.3. The summed E-state index contributed by atoms with van der Waals surface area (Å²) in [5.41, 5.74) is 4.30. The maximum absolute atomic E-state index is 14.3. The Bertz CT molecular complexity index is 978. The molecule has 5 nitrogen and oxygen atoms in total. The van der Waals surface area contributed by atoms with E-state index in [0.717, 1.165) is 41.3 Å². The van der Waals surface area contributed by atoms with Crippen molar-refractivity contribution in [2.75, 3.05) is 38.1 Å². The van der Waals surface area contributed by atoms with Crippen molar-refractivity contribution in [3.05, 3.63) is 59.8 Å². The van der Waals surface area contributed by atoms with Crippen molar-refractivity contribution >= 4 is 11.5 Å². The Morgan fingerprint density at radius 1 is 1.12 bits per heavy atom. The Kier molecular flexibility index (Phi) is 6.76. The van der Waals surface area contributed by atoms with Gasteiger partial charge in [-0.15, -0.1) is 0 Å². The molecule has 0 atom stereocenters. The van der Waals surface area contributed by atoms with Gasteiger partial charge < -0.3 is 14.7 Å². The van der Waals surface area contributed by atoms with Crippen LogP contribution in [0.2, 0.25) is 0 Å². The second kappa shape index (κ2) is 9.41. The zero-order valence-corrected chi connectivity index (χ0v) is 20.8. The Labute approximate surface area is 198 Å². The van der Waals surface area contributed by atoms with E-state index >= 15 is 0 Å². The number of hydrogen-bond acceptors (Lipinski definition) is 5. The summed E-state index contributed by atoms with van der Waals surface area (Å²) >= 11 is 0. The smallest absolute Gasteiger partial charge is 0.135 e. The highest BCUT2D eigenvalue weighted by Gasteiger charge is 2.45. The molecule has 33 heavy (non-hydrogen) atoms. The van der Waals surface area contributed by atoms with Crippen molar-refractivity contribution in [1.82, 2.24) is 19.8 Å². The van der Waals surface area contributed by atoms with Crippen LogP contribution in [-0.2, 0) is 6.42 Å². The van der Waals surface area contributed by atoms with Gasteiger partial charge in [0.05, 0.1) is 0 Å². The maximum atomic E-state index is 14.3. The molecule has 1 aromatic carbocycles. The van der Waals surface area contributed by atoms with Crippen molar-refractivity contribution in [3.8, 4) is 0 Å². The average molecular weight is 452 g/mol. The van der Waals surface area contributed by atoms with Crippen LogP contribution in [0, 0.1) is 11.2 Å². The number of likely N-dealkylation sites (tertiary alicyclic amines) is 1. The summed E-state index contributed by atoms with van der Waals surface area (Å²) in [7, 11) is 2.21. The molecular formula is C27H38FN5. The lowest BCUT2D eigenvalue weighted by Gasteiger charge is -2.54. The fourth-order valence-electron chi connectivity index (χ4n) is 5.62. The van der Waals surface area contributed by atoms with Crippen LogP contribution in [0.15, 0.2) is 37.3 Å². The lowest BCUT2D eigenvalue weighted by molar-refractivity contribution is 0.0899. The molecule has 6 heteroatoms. The van der Waals surface area contributed by atoms with Gasteiger partial charge in [0.1, 0.15) is 18.0 Å². The predicted octanol–water partition coefficient (Wildman–Crippen LogP) is 4.83. The van der Waals surface area contributed by atoms with Crippen LogP contribution in [0.25, 0.3) is 5.70 Å². The Morgan fingerprint density at radius 2 is 1.79 bits per heavy atom. The van der Waals surface area contributed by atoms with Crippen molar-refractivity contribution in [2.45, 2.75) is 59.0 Å². The number of halogens is 1. The van der Waals surface area contributed by atoms with E-state index in [1.165, 1.54) is 25.9 Å². The second-order valence-corrected chi connectivity index (χ2v) is 10.6. The Morgan fingerprint density at radius 3 is 2.42 bits per heavy atom. The third-order valence-corrected chi connectivity index (χ3v) is 7.35. The number of benzene rings is 1. The van der Waals surface area contributed by atoms with E-state index in [4.69, 9.17) is 0 Å². The van der Waals surface area contributed by atoms with Gasteiger partial charge in [0.25, 0.3) is 0 Å². The molecule has 2 fully saturated rings. The first-order valence-electron chi connectivity index (χ1n) is 12.2. The van der Waals surface area contributed by atoms with Crippen LogP contribution in [0.3, 0.4) is 0 Å². The standard InChI is InChI=1S/C27H38FN5/c1-19(2)33(20(3)4)21(5)25-14-24(28)8-7-22(25)13-23-15-29-18-30-26(23)32-16-27(17-32)9-11-31(6)12-10-27/h7-8,14-15,18-20H,5,9-13,16-17H2,1-4,6H3. The normalized spacial score (nSPS) is 18.1. The molecule has 0 amide bonds. The first kappa shape index (κ1) is 23.7. The molecular weight excluding hydrogens is 413 g/mol. The van der Waals surface area contributed by atoms with Gasteiger partial charge >= 0.3 is 0 Å². The second-order valence-electron chi connectivity index (χ2n) is 10.6. The van der Waals surface area contributed by atoms with Crippen molar-refractivity contribution in [3.63, 3.8) is 0 Å². The largest absolute Gasteiger partial charge is 0.367 e. The number of anilines is 1. The molecule has 0 unspecified atom stereocenters. The topological polar surface area (TPSA) is 35.5 Å². The van der Waals surface area contributed by atoms with Gasteiger partial charge in [-0.2, -0.15) is 0 Å². The molecule has 3 heterocycles. The van der Waals surface area contributed by atoms with Crippen LogP contribution in [-0.4, -0.2) is 65.1 Å². The molecule has 0 bridgehead atoms. The summed E-state index contributed by atoms with van der Waals surface area (Å²) in [5.74, 6) is 0.777. The molecule has 2 aromatic rings. The molecule has 2 saturated heterocycles. The quantitative estimate of drug-likeness (QED) is 0.603. The molecule has 0 saturated carbocycles. The van der Waals surface area contributed by atoms with E-state index in [2.05, 4.69) is 66.0 Å². The average Bonchev–Trinajstić information content (AvgIpc) is 2.74. The highest BCUT2D eigenvalue weighted by molar-refractivity contribution is 5.67. The predicted molar refractivity (Wildman–Crippen MR) is 134 cm³/mol. The molecule has 1 aromatic heterocycles. The highest BCUT2D eigenvalue weighted by Crippen LogP contribution is 2.43. The summed E-state index contributed by atoms with van der Waals surface area (Å²) in [6.45, 7) is 17.4. The lowest BCUT2D eigenvalue weighted by atomic mass is 9.72. The SMILES string of the molecule is C=C(c1cc(F)ccc1Cc1cncnc1N1CC2(CCN(C)CC2)C1)N(C(C)C)C(C)C. The summed E-state index contributed by atoms with van der Waals surface area (Å²) in [4.78, 5) is 16.1. The van der Waals surface area contributed by atoms with E-state index in [0.29, 0.717) is 11.8 Å². The summed E-state index contributed by atoms with van der Waals surface area (Å²) in [5, 5.41) is 0. The molecule has 2 aliphatic rings. The van der Waals surface area contributed by atoms with E-state index in [1.807, 2.05) is 12.3 Å². The first-order valence-corrected chi connectivity index (χ1v) is 12.2. The minimum atomic E-state index is -0.237. The minimum absolute atomic E-state index is 0.237. The van der Waals surface area contributed by atoms with Crippen LogP contribution in [0.5, 0.6) is 0 Å². The highest BCUT2D eigenvalue weighted by atomic mass is 19.1. The zero-order valence-electron chi connectivity index (χ0n) is 20.8. The fourth-order valence-corrected chi connectivity index (χ4v) is 5.62. The molecule has 0 radical (unpaired) electrons. The van der Waals surface area contributed by atoms with Gasteiger partial charge in [-0.25, -0.2) is 14.4 Å². The van der Waals surface area contributed by atoms with Gasteiger partial charge in [-0.1, -0.05) is 12.6 Å². The Balaban J connectivity index is 1.58. The van der Waals surface area contributed by atoms with Crippen LogP contribution in [0.1, 0.15) is 57.2 Å². The van der Waals surface area contributed by atoms with Crippen LogP contribution >= 0.6 is 0 Å². The van der Waals surface area contributed by atoms with Crippen molar-refractivity contribution < 1.29 is 4.39 Å². The van der Waals surface area contributed by atoms with Gasteiger partial charge in [-0.05, 0) is 78.4 Å². The van der Waals surface area contributed by atoms with E-state index in [-0.39, 0.29) is 17.9 Å². The van der Waals surface area contributed by atoms with Crippen LogP contribution < -0.4 is 4.90 Å². The summed E-state index contributed by atoms with van der Waals surface area (Å²) in [6, 6.07) is 5.60. The number of piperidine rings is 1. The van der Waals surface area contributed by atoms with Gasteiger partial charge in [0.2, 0.25) is 0 Å². The number of hydrogen-bond donors (Lipinski definition) is 0. The molecule has 178 valence electrons. The molecule has 2 aliphatic heterocycles. The zero-order chi connectivity index (χ0) is 23.8. The summed E-state index contributed by atoms with van der Waals surface area (Å²) in [6.07, 6.45) is 6.72.